The summed E-state index contributed by atoms with van der Waals surface area (Å²) in [7, 11) is 0. The van der Waals surface area contributed by atoms with E-state index in [1.54, 1.807) is 0 Å². The molecule has 1 fully saturated rings. The van der Waals surface area contributed by atoms with Gasteiger partial charge < -0.3 is 5.32 Å². The molecule has 0 aliphatic heterocycles. The largest absolute Gasteiger partial charge is 0.311 e. The zero-order valence-corrected chi connectivity index (χ0v) is 13.6. The average Bonchev–Trinajstić information content (AvgIpc) is 3.01. The van der Waals surface area contributed by atoms with E-state index in [2.05, 4.69) is 60.1 Å². The Balaban J connectivity index is 1.64. The minimum Gasteiger partial charge on any atom is -0.311 e. The molecule has 0 amide bonds. The molecule has 0 radical (unpaired) electrons. The van der Waals surface area contributed by atoms with Crippen LogP contribution in [0.2, 0.25) is 0 Å². The van der Waals surface area contributed by atoms with Gasteiger partial charge in [0.1, 0.15) is 0 Å². The highest BCUT2D eigenvalue weighted by molar-refractivity contribution is 7.09. The van der Waals surface area contributed by atoms with Gasteiger partial charge in [0, 0.05) is 17.0 Å². The average molecular weight is 299 g/mol. The topological polar surface area (TPSA) is 12.0 Å². The second kappa shape index (κ2) is 7.24. The van der Waals surface area contributed by atoms with Crippen LogP contribution >= 0.6 is 11.3 Å². The lowest BCUT2D eigenvalue weighted by molar-refractivity contribution is 0.304. The van der Waals surface area contributed by atoms with Gasteiger partial charge in [0.15, 0.2) is 0 Å². The molecule has 3 unspecified atom stereocenters. The second-order valence-corrected chi connectivity index (χ2v) is 7.29. The lowest BCUT2D eigenvalue weighted by atomic mass is 9.79. The van der Waals surface area contributed by atoms with Crippen LogP contribution in [-0.4, -0.2) is 12.1 Å². The highest BCUT2D eigenvalue weighted by Crippen LogP contribution is 2.33. The lowest BCUT2D eigenvalue weighted by Crippen LogP contribution is -2.43. The summed E-state index contributed by atoms with van der Waals surface area (Å²) in [5.41, 5.74) is 1.51. The maximum absolute atomic E-state index is 3.91. The molecule has 1 aliphatic carbocycles. The van der Waals surface area contributed by atoms with Gasteiger partial charge in [0.25, 0.3) is 0 Å². The molecule has 0 saturated heterocycles. The number of nitrogens with one attached hydrogen (secondary N) is 1. The molecule has 1 aromatic heterocycles. The number of benzene rings is 1. The summed E-state index contributed by atoms with van der Waals surface area (Å²) < 4.78 is 0. The van der Waals surface area contributed by atoms with E-state index in [1.807, 2.05) is 11.3 Å². The molecule has 3 rings (SSSR count). The lowest BCUT2D eigenvalue weighted by Gasteiger charge is -2.35. The van der Waals surface area contributed by atoms with Gasteiger partial charge in [-0.25, -0.2) is 0 Å². The van der Waals surface area contributed by atoms with Crippen molar-refractivity contribution in [1.29, 1.82) is 0 Å². The van der Waals surface area contributed by atoms with Crippen LogP contribution in [0.4, 0.5) is 0 Å². The molecule has 1 saturated carbocycles. The van der Waals surface area contributed by atoms with Crippen LogP contribution in [0.5, 0.6) is 0 Å². The monoisotopic (exact) mass is 299 g/mol. The van der Waals surface area contributed by atoms with E-state index >= 15 is 0 Å². The molecule has 3 atom stereocenters. The molecular weight excluding hydrogens is 274 g/mol. The van der Waals surface area contributed by atoms with Gasteiger partial charge in [-0.2, -0.15) is 0 Å². The first-order valence-corrected chi connectivity index (χ1v) is 9.04. The van der Waals surface area contributed by atoms with Gasteiger partial charge >= 0.3 is 0 Å². The smallest absolute Gasteiger partial charge is 0.0138 e. The van der Waals surface area contributed by atoms with E-state index in [0.717, 1.165) is 6.42 Å². The Bertz CT molecular complexity index is 520. The molecule has 21 heavy (non-hydrogen) atoms. The fourth-order valence-corrected chi connectivity index (χ4v) is 4.42. The van der Waals surface area contributed by atoms with E-state index in [9.17, 15) is 0 Å². The van der Waals surface area contributed by atoms with E-state index in [1.165, 1.54) is 36.1 Å². The van der Waals surface area contributed by atoms with Crippen LogP contribution < -0.4 is 5.32 Å². The van der Waals surface area contributed by atoms with E-state index in [0.29, 0.717) is 18.0 Å². The Hall–Kier alpha value is -1.12. The van der Waals surface area contributed by atoms with Crippen LogP contribution in [0, 0.1) is 0 Å². The summed E-state index contributed by atoms with van der Waals surface area (Å²) in [6, 6.07) is 16.7. The summed E-state index contributed by atoms with van der Waals surface area (Å²) in [4.78, 5) is 1.49. The number of rotatable bonds is 5. The van der Waals surface area contributed by atoms with Crippen molar-refractivity contribution in [1.82, 2.24) is 5.32 Å². The van der Waals surface area contributed by atoms with Crippen molar-refractivity contribution < 1.29 is 0 Å². The van der Waals surface area contributed by atoms with Crippen molar-refractivity contribution in [2.75, 3.05) is 0 Å². The first kappa shape index (κ1) is 14.8. The van der Waals surface area contributed by atoms with Crippen molar-refractivity contribution in [3.63, 3.8) is 0 Å². The minimum absolute atomic E-state index is 0.554. The predicted octanol–water partition coefficient (Wildman–Crippen LogP) is 5.00. The van der Waals surface area contributed by atoms with Crippen LogP contribution in [0.25, 0.3) is 0 Å². The summed E-state index contributed by atoms with van der Waals surface area (Å²) >= 11 is 1.87. The SMILES string of the molecule is CC(Cc1cccs1)NC1CCCCC1c1ccccc1. The first-order chi connectivity index (χ1) is 10.3. The maximum Gasteiger partial charge on any atom is 0.0138 e. The van der Waals surface area contributed by atoms with Crippen molar-refractivity contribution >= 4 is 11.3 Å². The number of hydrogen-bond donors (Lipinski definition) is 1. The zero-order valence-electron chi connectivity index (χ0n) is 12.8. The fraction of sp³-hybridized carbons (Fsp3) is 0.474. The molecule has 1 aliphatic rings. The predicted molar refractivity (Wildman–Crippen MR) is 92.1 cm³/mol. The normalized spacial score (nSPS) is 23.9. The molecule has 2 heteroatoms. The van der Waals surface area contributed by atoms with Crippen molar-refractivity contribution in [2.24, 2.45) is 0 Å². The molecule has 1 aromatic carbocycles. The molecule has 1 N–H and O–H groups in total. The van der Waals surface area contributed by atoms with Gasteiger partial charge in [-0.05, 0) is 49.1 Å². The van der Waals surface area contributed by atoms with Gasteiger partial charge in [-0.15, -0.1) is 11.3 Å². The van der Waals surface area contributed by atoms with Crippen molar-refractivity contribution in [3.8, 4) is 0 Å². The van der Waals surface area contributed by atoms with E-state index in [4.69, 9.17) is 0 Å². The Morgan fingerprint density at radius 3 is 2.67 bits per heavy atom. The maximum atomic E-state index is 3.91. The first-order valence-electron chi connectivity index (χ1n) is 8.16. The Labute approximate surface area is 132 Å². The fourth-order valence-electron chi connectivity index (χ4n) is 3.58. The highest BCUT2D eigenvalue weighted by Gasteiger charge is 2.27. The molecule has 0 bridgehead atoms. The third kappa shape index (κ3) is 3.96. The Morgan fingerprint density at radius 2 is 1.90 bits per heavy atom. The summed E-state index contributed by atoms with van der Waals surface area (Å²) in [6.45, 7) is 2.33. The molecule has 1 heterocycles. The molecule has 2 aromatic rings. The van der Waals surface area contributed by atoms with Gasteiger partial charge in [0.2, 0.25) is 0 Å². The van der Waals surface area contributed by atoms with Gasteiger partial charge in [-0.1, -0.05) is 49.2 Å². The Morgan fingerprint density at radius 1 is 1.10 bits per heavy atom. The van der Waals surface area contributed by atoms with Crippen LogP contribution in [0.15, 0.2) is 47.8 Å². The molecule has 112 valence electrons. The standard InChI is InChI=1S/C19H25NS/c1-15(14-17-10-7-13-21-17)20-19-12-6-5-11-18(19)16-8-3-2-4-9-16/h2-4,7-10,13,15,18-20H,5-6,11-12,14H2,1H3. The van der Waals surface area contributed by atoms with Crippen molar-refractivity contribution in [2.45, 2.75) is 57.0 Å². The van der Waals surface area contributed by atoms with Crippen LogP contribution in [0.3, 0.4) is 0 Å². The number of hydrogen-bond acceptors (Lipinski definition) is 2. The summed E-state index contributed by atoms with van der Waals surface area (Å²) in [6.07, 6.45) is 6.53. The minimum atomic E-state index is 0.554. The summed E-state index contributed by atoms with van der Waals surface area (Å²) in [5.74, 6) is 0.686. The Kier molecular flexibility index (Phi) is 5.10. The van der Waals surface area contributed by atoms with E-state index < -0.39 is 0 Å². The van der Waals surface area contributed by atoms with Crippen LogP contribution in [-0.2, 0) is 6.42 Å². The van der Waals surface area contributed by atoms with Crippen LogP contribution in [0.1, 0.15) is 49.0 Å². The summed E-state index contributed by atoms with van der Waals surface area (Å²) in [5, 5.41) is 6.09. The number of thiophene rings is 1. The molecule has 0 spiro atoms. The third-order valence-electron chi connectivity index (χ3n) is 4.58. The van der Waals surface area contributed by atoms with E-state index in [-0.39, 0.29) is 0 Å². The zero-order chi connectivity index (χ0) is 14.5. The third-order valence-corrected chi connectivity index (χ3v) is 5.48. The van der Waals surface area contributed by atoms with Gasteiger partial charge in [-0.3, -0.25) is 0 Å². The molecular formula is C19H25NS. The quantitative estimate of drug-likeness (QED) is 0.819. The van der Waals surface area contributed by atoms with Gasteiger partial charge in [0.05, 0.1) is 0 Å². The van der Waals surface area contributed by atoms with Crippen molar-refractivity contribution in [3.05, 3.63) is 58.3 Å². The molecule has 1 nitrogen and oxygen atoms in total. The second-order valence-electron chi connectivity index (χ2n) is 6.26. The highest BCUT2D eigenvalue weighted by atomic mass is 32.1.